The van der Waals surface area contributed by atoms with Crippen LogP contribution in [-0.4, -0.2) is 29.6 Å². The van der Waals surface area contributed by atoms with E-state index in [0.717, 1.165) is 36.2 Å². The molecule has 3 aromatic rings. The summed E-state index contributed by atoms with van der Waals surface area (Å²) in [5, 5.41) is 21.4. The fraction of sp³-hybridized carbons (Fsp3) is 0.345. The normalized spacial score (nSPS) is 16.5. The van der Waals surface area contributed by atoms with E-state index in [1.807, 2.05) is 60.7 Å². The lowest BCUT2D eigenvalue weighted by atomic mass is 9.72. The predicted molar refractivity (Wildman–Crippen MR) is 130 cm³/mol. The smallest absolute Gasteiger partial charge is 0.385 e. The molecule has 1 saturated heterocycles. The summed E-state index contributed by atoms with van der Waals surface area (Å²) in [4.78, 5) is 2.26. The SMILES string of the molecule is N#CC(CCCN1CCC(O)(c2ccc(C(F)(F)F)cc2)CC1)(c1ccccc1)c1ccccc1. The van der Waals surface area contributed by atoms with Crippen molar-refractivity contribution in [3.8, 4) is 6.07 Å². The molecule has 6 heteroatoms. The van der Waals surface area contributed by atoms with Gasteiger partial charge in [0.1, 0.15) is 5.41 Å². The number of benzene rings is 3. The van der Waals surface area contributed by atoms with Gasteiger partial charge in [0.2, 0.25) is 0 Å². The largest absolute Gasteiger partial charge is 0.416 e. The maximum absolute atomic E-state index is 12.9. The van der Waals surface area contributed by atoms with Crippen LogP contribution in [0.4, 0.5) is 13.2 Å². The van der Waals surface area contributed by atoms with Gasteiger partial charge in [0, 0.05) is 13.1 Å². The monoisotopic (exact) mass is 478 g/mol. The molecule has 1 aliphatic rings. The molecule has 1 N–H and O–H groups in total. The molecule has 1 heterocycles. The number of nitrogens with zero attached hydrogens (tertiary/aromatic N) is 2. The van der Waals surface area contributed by atoms with Crippen LogP contribution in [0.2, 0.25) is 0 Å². The maximum atomic E-state index is 12.9. The van der Waals surface area contributed by atoms with Gasteiger partial charge < -0.3 is 10.0 Å². The van der Waals surface area contributed by atoms with Crippen molar-refractivity contribution in [3.63, 3.8) is 0 Å². The molecule has 0 amide bonds. The van der Waals surface area contributed by atoms with E-state index in [1.54, 1.807) is 0 Å². The molecule has 3 nitrogen and oxygen atoms in total. The lowest BCUT2D eigenvalue weighted by Gasteiger charge is -2.39. The minimum Gasteiger partial charge on any atom is -0.385 e. The third kappa shape index (κ3) is 5.42. The van der Waals surface area contributed by atoms with Crippen LogP contribution >= 0.6 is 0 Å². The highest BCUT2D eigenvalue weighted by Crippen LogP contribution is 2.38. The zero-order valence-corrected chi connectivity index (χ0v) is 19.5. The highest BCUT2D eigenvalue weighted by Gasteiger charge is 2.37. The van der Waals surface area contributed by atoms with E-state index in [-0.39, 0.29) is 0 Å². The first-order valence-corrected chi connectivity index (χ1v) is 11.9. The second-order valence-electron chi connectivity index (χ2n) is 9.30. The van der Waals surface area contributed by atoms with Crippen molar-refractivity contribution in [2.75, 3.05) is 19.6 Å². The standard InChI is InChI=1S/C29H29F3N2O/c30-29(31,32)26-14-12-25(13-15-26)28(35)17-20-34(21-18-28)19-7-16-27(22-33,23-8-3-1-4-9-23)24-10-5-2-6-11-24/h1-6,8-15,35H,7,16-21H2. The van der Waals surface area contributed by atoms with Gasteiger partial charge in [-0.25, -0.2) is 0 Å². The van der Waals surface area contributed by atoms with Gasteiger partial charge in [-0.1, -0.05) is 72.8 Å². The van der Waals surface area contributed by atoms with E-state index in [4.69, 9.17) is 0 Å². The van der Waals surface area contributed by atoms with E-state index >= 15 is 0 Å². The average molecular weight is 479 g/mol. The van der Waals surface area contributed by atoms with E-state index in [1.165, 1.54) is 12.1 Å². The predicted octanol–water partition coefficient (Wildman–Crippen LogP) is 6.28. The molecule has 3 aromatic carbocycles. The minimum atomic E-state index is -4.39. The lowest BCUT2D eigenvalue weighted by Crippen LogP contribution is -2.43. The van der Waals surface area contributed by atoms with Crippen LogP contribution in [0.5, 0.6) is 0 Å². The molecule has 0 radical (unpaired) electrons. The van der Waals surface area contributed by atoms with Crippen molar-refractivity contribution >= 4 is 0 Å². The molecule has 1 aliphatic heterocycles. The molecule has 0 atom stereocenters. The molecule has 182 valence electrons. The lowest BCUT2D eigenvalue weighted by molar-refractivity contribution is -0.137. The Morgan fingerprint density at radius 1 is 0.800 bits per heavy atom. The third-order valence-electron chi connectivity index (χ3n) is 7.18. The maximum Gasteiger partial charge on any atom is 0.416 e. The van der Waals surface area contributed by atoms with Gasteiger partial charge in [0.25, 0.3) is 0 Å². The summed E-state index contributed by atoms with van der Waals surface area (Å²) >= 11 is 0. The van der Waals surface area contributed by atoms with Gasteiger partial charge in [0.05, 0.1) is 17.2 Å². The van der Waals surface area contributed by atoms with Crippen molar-refractivity contribution in [3.05, 3.63) is 107 Å². The molecule has 1 fully saturated rings. The van der Waals surface area contributed by atoms with Crippen LogP contribution in [0.25, 0.3) is 0 Å². The zero-order valence-electron chi connectivity index (χ0n) is 19.5. The minimum absolute atomic E-state index is 0.457. The van der Waals surface area contributed by atoms with Crippen molar-refractivity contribution in [1.29, 1.82) is 5.26 Å². The van der Waals surface area contributed by atoms with Crippen LogP contribution in [0, 0.1) is 11.3 Å². The molecule has 0 spiro atoms. The molecule has 0 bridgehead atoms. The second kappa shape index (κ2) is 10.2. The summed E-state index contributed by atoms with van der Waals surface area (Å²) in [7, 11) is 0. The highest BCUT2D eigenvalue weighted by atomic mass is 19.4. The Labute approximate surface area is 204 Å². The van der Waals surface area contributed by atoms with Gasteiger partial charge in [-0.05, 0) is 61.1 Å². The molecular weight excluding hydrogens is 449 g/mol. The first-order chi connectivity index (χ1) is 16.8. The Morgan fingerprint density at radius 2 is 1.31 bits per heavy atom. The van der Waals surface area contributed by atoms with Crippen LogP contribution in [0.3, 0.4) is 0 Å². The van der Waals surface area contributed by atoms with E-state index in [9.17, 15) is 23.5 Å². The number of rotatable bonds is 7. The summed E-state index contributed by atoms with van der Waals surface area (Å²) in [6, 6.07) is 27.2. The van der Waals surface area contributed by atoms with Crippen molar-refractivity contribution in [2.24, 2.45) is 0 Å². The molecule has 35 heavy (non-hydrogen) atoms. The van der Waals surface area contributed by atoms with Crippen LogP contribution < -0.4 is 0 Å². The number of hydrogen-bond acceptors (Lipinski definition) is 3. The van der Waals surface area contributed by atoms with E-state index in [2.05, 4.69) is 11.0 Å². The number of hydrogen-bond donors (Lipinski definition) is 1. The van der Waals surface area contributed by atoms with Gasteiger partial charge in [0.15, 0.2) is 0 Å². The van der Waals surface area contributed by atoms with Crippen LogP contribution in [0.15, 0.2) is 84.9 Å². The Hall–Kier alpha value is -3.14. The van der Waals surface area contributed by atoms with Gasteiger partial charge in [-0.15, -0.1) is 0 Å². The number of aliphatic hydroxyl groups is 1. The number of likely N-dealkylation sites (tertiary alicyclic amines) is 1. The number of alkyl halides is 3. The summed E-state index contributed by atoms with van der Waals surface area (Å²) in [5.74, 6) is 0. The number of halogens is 3. The number of piperidine rings is 1. The quantitative estimate of drug-likeness (QED) is 0.435. The Bertz CT molecular complexity index is 1090. The molecule has 0 aliphatic carbocycles. The van der Waals surface area contributed by atoms with Crippen molar-refractivity contribution < 1.29 is 18.3 Å². The third-order valence-corrected chi connectivity index (χ3v) is 7.18. The number of nitriles is 1. The van der Waals surface area contributed by atoms with Gasteiger partial charge in [-0.3, -0.25) is 0 Å². The zero-order chi connectivity index (χ0) is 24.9. The van der Waals surface area contributed by atoms with Crippen molar-refractivity contribution in [1.82, 2.24) is 4.90 Å². The molecule has 0 saturated carbocycles. The highest BCUT2D eigenvalue weighted by molar-refractivity contribution is 5.45. The van der Waals surface area contributed by atoms with E-state index in [0.29, 0.717) is 37.9 Å². The summed E-state index contributed by atoms with van der Waals surface area (Å²) in [5.41, 5.74) is -0.0837. The Morgan fingerprint density at radius 3 is 1.77 bits per heavy atom. The molecular formula is C29H29F3N2O. The van der Waals surface area contributed by atoms with E-state index < -0.39 is 22.8 Å². The summed E-state index contributed by atoms with van der Waals surface area (Å²) in [6.07, 6.45) is -2.01. The van der Waals surface area contributed by atoms with Crippen LogP contribution in [-0.2, 0) is 17.2 Å². The van der Waals surface area contributed by atoms with Crippen molar-refractivity contribution in [2.45, 2.75) is 42.9 Å². The summed E-state index contributed by atoms with van der Waals surface area (Å²) in [6.45, 7) is 2.08. The summed E-state index contributed by atoms with van der Waals surface area (Å²) < 4.78 is 38.6. The fourth-order valence-corrected chi connectivity index (χ4v) is 5.06. The fourth-order valence-electron chi connectivity index (χ4n) is 5.06. The van der Waals surface area contributed by atoms with Gasteiger partial charge >= 0.3 is 6.18 Å². The first kappa shape index (κ1) is 25.0. The second-order valence-corrected chi connectivity index (χ2v) is 9.30. The first-order valence-electron chi connectivity index (χ1n) is 11.9. The topological polar surface area (TPSA) is 47.3 Å². The molecule has 0 unspecified atom stereocenters. The van der Waals surface area contributed by atoms with Gasteiger partial charge in [-0.2, -0.15) is 18.4 Å². The average Bonchev–Trinajstić information content (AvgIpc) is 2.89. The molecule has 4 rings (SSSR count). The van der Waals surface area contributed by atoms with Crippen LogP contribution in [0.1, 0.15) is 47.9 Å². The molecule has 0 aromatic heterocycles. The Balaban J connectivity index is 1.39. The Kier molecular flexibility index (Phi) is 7.30.